The van der Waals surface area contributed by atoms with Crippen LogP contribution in [-0.4, -0.2) is 73.1 Å². The Hall–Kier alpha value is -3.63. The lowest BCUT2D eigenvalue weighted by atomic mass is 10.2. The van der Waals surface area contributed by atoms with Crippen LogP contribution in [0, 0.1) is 0 Å². The lowest BCUT2D eigenvalue weighted by Gasteiger charge is -2.28. The molecule has 2 unspecified atom stereocenters. The average Bonchev–Trinajstić information content (AvgIpc) is 3.50. The molecule has 2 fully saturated rings. The van der Waals surface area contributed by atoms with E-state index in [0.717, 1.165) is 68.0 Å². The molecule has 1 saturated carbocycles. The SMILES string of the molecule is OC1CCCC1Nc1cncc(-c2cc3c(cn2)cnn3-c2cccc(N3CCNCC3)n2)n1. The van der Waals surface area contributed by atoms with Crippen LogP contribution in [0.4, 0.5) is 11.6 Å². The Morgan fingerprint density at radius 1 is 0.971 bits per heavy atom. The molecule has 0 bridgehead atoms. The summed E-state index contributed by atoms with van der Waals surface area (Å²) in [6.07, 6.45) is 9.40. The van der Waals surface area contributed by atoms with Gasteiger partial charge in [0, 0.05) is 37.8 Å². The number of hydrogen-bond acceptors (Lipinski definition) is 9. The van der Waals surface area contributed by atoms with Crippen molar-refractivity contribution in [2.45, 2.75) is 31.4 Å². The number of aliphatic hydroxyl groups excluding tert-OH is 1. The number of hydrogen-bond donors (Lipinski definition) is 3. The Morgan fingerprint density at radius 2 is 1.85 bits per heavy atom. The van der Waals surface area contributed by atoms with Crippen LogP contribution in [0.15, 0.2) is 49.1 Å². The Labute approximate surface area is 197 Å². The third-order valence-corrected chi connectivity index (χ3v) is 6.54. The highest BCUT2D eigenvalue weighted by Crippen LogP contribution is 2.25. The smallest absolute Gasteiger partial charge is 0.156 e. The van der Waals surface area contributed by atoms with Gasteiger partial charge in [-0.05, 0) is 37.5 Å². The van der Waals surface area contributed by atoms with E-state index in [9.17, 15) is 5.11 Å². The van der Waals surface area contributed by atoms with Gasteiger partial charge in [0.15, 0.2) is 5.82 Å². The zero-order chi connectivity index (χ0) is 22.9. The predicted octanol–water partition coefficient (Wildman–Crippen LogP) is 2.01. The molecule has 0 radical (unpaired) electrons. The molecule has 1 aliphatic heterocycles. The second-order valence-corrected chi connectivity index (χ2v) is 8.81. The van der Waals surface area contributed by atoms with Crippen LogP contribution in [0.2, 0.25) is 0 Å². The number of nitrogens with zero attached hydrogens (tertiary/aromatic N) is 7. The van der Waals surface area contributed by atoms with Gasteiger partial charge in [-0.15, -0.1) is 0 Å². The summed E-state index contributed by atoms with van der Waals surface area (Å²) in [4.78, 5) is 20.8. The van der Waals surface area contributed by atoms with E-state index in [2.05, 4.69) is 30.6 Å². The van der Waals surface area contributed by atoms with E-state index < -0.39 is 0 Å². The van der Waals surface area contributed by atoms with E-state index in [1.54, 1.807) is 24.8 Å². The van der Waals surface area contributed by atoms with Crippen LogP contribution >= 0.6 is 0 Å². The summed E-state index contributed by atoms with van der Waals surface area (Å²) in [7, 11) is 0. The van der Waals surface area contributed by atoms with Gasteiger partial charge in [0.2, 0.25) is 0 Å². The van der Waals surface area contributed by atoms with Gasteiger partial charge < -0.3 is 20.6 Å². The molecule has 0 spiro atoms. The molecule has 6 rings (SSSR count). The topological polar surface area (TPSA) is 117 Å². The van der Waals surface area contributed by atoms with Crippen molar-refractivity contribution < 1.29 is 5.11 Å². The Bertz CT molecular complexity index is 1300. The second-order valence-electron chi connectivity index (χ2n) is 8.81. The minimum atomic E-state index is -0.348. The third-order valence-electron chi connectivity index (χ3n) is 6.54. The summed E-state index contributed by atoms with van der Waals surface area (Å²) >= 11 is 0. The minimum absolute atomic E-state index is 0.00968. The summed E-state index contributed by atoms with van der Waals surface area (Å²) in [5, 5.41) is 22.3. The van der Waals surface area contributed by atoms with Crippen molar-refractivity contribution in [3.05, 3.63) is 49.1 Å². The molecule has 0 amide bonds. The van der Waals surface area contributed by atoms with Crippen LogP contribution in [0.3, 0.4) is 0 Å². The molecular formula is C24H27N9O. The lowest BCUT2D eigenvalue weighted by Crippen LogP contribution is -2.43. The summed E-state index contributed by atoms with van der Waals surface area (Å²) in [6.45, 7) is 3.79. The normalized spacial score (nSPS) is 20.7. The fraction of sp³-hybridized carbons (Fsp3) is 0.375. The molecule has 174 valence electrons. The summed E-state index contributed by atoms with van der Waals surface area (Å²) < 4.78 is 1.84. The fourth-order valence-corrected chi connectivity index (χ4v) is 4.70. The Balaban J connectivity index is 1.32. The zero-order valence-corrected chi connectivity index (χ0v) is 18.8. The molecule has 2 aliphatic rings. The molecule has 3 N–H and O–H groups in total. The van der Waals surface area contributed by atoms with Crippen molar-refractivity contribution in [1.82, 2.24) is 35.0 Å². The van der Waals surface area contributed by atoms with Crippen LogP contribution < -0.4 is 15.5 Å². The molecule has 5 heterocycles. The zero-order valence-electron chi connectivity index (χ0n) is 18.8. The van der Waals surface area contributed by atoms with E-state index in [4.69, 9.17) is 9.97 Å². The summed E-state index contributed by atoms with van der Waals surface area (Å²) in [5.74, 6) is 2.36. The van der Waals surface area contributed by atoms with Gasteiger partial charge in [0.1, 0.15) is 17.3 Å². The van der Waals surface area contributed by atoms with Crippen molar-refractivity contribution in [2.24, 2.45) is 0 Å². The predicted molar refractivity (Wildman–Crippen MR) is 130 cm³/mol. The number of piperazine rings is 1. The van der Waals surface area contributed by atoms with Gasteiger partial charge in [-0.3, -0.25) is 9.97 Å². The number of nitrogens with one attached hydrogen (secondary N) is 2. The molecule has 34 heavy (non-hydrogen) atoms. The average molecular weight is 458 g/mol. The number of fused-ring (bicyclic) bond motifs is 1. The lowest BCUT2D eigenvalue weighted by molar-refractivity contribution is 0.171. The first-order valence-corrected chi connectivity index (χ1v) is 11.8. The molecule has 1 aliphatic carbocycles. The highest BCUT2D eigenvalue weighted by molar-refractivity contribution is 5.82. The van der Waals surface area contributed by atoms with E-state index in [1.165, 1.54) is 0 Å². The van der Waals surface area contributed by atoms with Gasteiger partial charge >= 0.3 is 0 Å². The van der Waals surface area contributed by atoms with Crippen molar-refractivity contribution in [3.8, 4) is 17.2 Å². The van der Waals surface area contributed by atoms with Gasteiger partial charge in [0.25, 0.3) is 0 Å². The van der Waals surface area contributed by atoms with E-state index in [1.807, 2.05) is 28.9 Å². The fourth-order valence-electron chi connectivity index (χ4n) is 4.70. The van der Waals surface area contributed by atoms with Gasteiger partial charge in [-0.2, -0.15) is 5.10 Å². The maximum Gasteiger partial charge on any atom is 0.156 e. The standard InChI is InChI=1S/C24H27N9O/c34-21-4-1-3-17(21)29-22-15-26-14-19(30-22)18-11-20-16(12-27-18)13-28-33(20)24-6-2-5-23(31-24)32-9-7-25-8-10-32/h2,5-6,11-15,17,21,25,34H,1,3-4,7-10H2,(H,29,30). The molecule has 10 heteroatoms. The molecule has 0 aromatic carbocycles. The number of pyridine rings is 2. The van der Waals surface area contributed by atoms with Crippen LogP contribution in [0.25, 0.3) is 28.1 Å². The highest BCUT2D eigenvalue weighted by atomic mass is 16.3. The van der Waals surface area contributed by atoms with Gasteiger partial charge in [-0.25, -0.2) is 14.6 Å². The molecule has 10 nitrogen and oxygen atoms in total. The molecular weight excluding hydrogens is 430 g/mol. The first-order valence-electron chi connectivity index (χ1n) is 11.8. The largest absolute Gasteiger partial charge is 0.391 e. The molecule has 4 aromatic heterocycles. The Morgan fingerprint density at radius 3 is 2.71 bits per heavy atom. The maximum atomic E-state index is 10.1. The molecule has 4 aromatic rings. The van der Waals surface area contributed by atoms with Crippen molar-refractivity contribution in [2.75, 3.05) is 36.4 Å². The minimum Gasteiger partial charge on any atom is -0.391 e. The first-order chi connectivity index (χ1) is 16.7. The summed E-state index contributed by atoms with van der Waals surface area (Å²) in [5.41, 5.74) is 2.27. The van der Waals surface area contributed by atoms with Crippen molar-refractivity contribution in [1.29, 1.82) is 0 Å². The third kappa shape index (κ3) is 4.06. The van der Waals surface area contributed by atoms with Crippen molar-refractivity contribution in [3.63, 3.8) is 0 Å². The van der Waals surface area contributed by atoms with E-state index >= 15 is 0 Å². The first kappa shape index (κ1) is 20.9. The number of aliphatic hydroxyl groups is 1. The monoisotopic (exact) mass is 457 g/mol. The highest BCUT2D eigenvalue weighted by Gasteiger charge is 2.25. The maximum absolute atomic E-state index is 10.1. The number of aromatic nitrogens is 6. The summed E-state index contributed by atoms with van der Waals surface area (Å²) in [6, 6.07) is 8.02. The van der Waals surface area contributed by atoms with Crippen LogP contribution in [0.5, 0.6) is 0 Å². The van der Waals surface area contributed by atoms with Crippen LogP contribution in [0.1, 0.15) is 19.3 Å². The molecule has 2 atom stereocenters. The number of rotatable bonds is 5. The second kappa shape index (κ2) is 8.96. The van der Waals surface area contributed by atoms with Crippen molar-refractivity contribution >= 4 is 22.5 Å². The van der Waals surface area contributed by atoms with Gasteiger partial charge in [-0.1, -0.05) is 6.07 Å². The van der Waals surface area contributed by atoms with E-state index in [-0.39, 0.29) is 12.1 Å². The quantitative estimate of drug-likeness (QED) is 0.414. The van der Waals surface area contributed by atoms with E-state index in [0.29, 0.717) is 17.2 Å². The Kier molecular flexibility index (Phi) is 5.52. The van der Waals surface area contributed by atoms with Gasteiger partial charge in [0.05, 0.1) is 41.9 Å². The van der Waals surface area contributed by atoms with Crippen LogP contribution in [-0.2, 0) is 0 Å². The molecule has 1 saturated heterocycles. The number of anilines is 2.